The van der Waals surface area contributed by atoms with Crippen molar-refractivity contribution in [3.63, 3.8) is 0 Å². The number of aromatic nitrogens is 1. The summed E-state index contributed by atoms with van der Waals surface area (Å²) in [5.41, 5.74) is 0.394. The molecule has 0 aliphatic heterocycles. The van der Waals surface area contributed by atoms with Crippen molar-refractivity contribution in [2.75, 3.05) is 5.33 Å². The second-order valence-electron chi connectivity index (χ2n) is 3.74. The number of carbonyl (C=O) groups is 1. The van der Waals surface area contributed by atoms with Gasteiger partial charge in [0.25, 0.3) is 5.91 Å². The number of hydrogen-bond acceptors (Lipinski definition) is 2. The number of pyridine rings is 1. The average molecular weight is 271 g/mol. The van der Waals surface area contributed by atoms with Gasteiger partial charge in [0.15, 0.2) is 0 Å². The summed E-state index contributed by atoms with van der Waals surface area (Å²) in [6, 6.07) is 3.51. The van der Waals surface area contributed by atoms with E-state index in [9.17, 15) is 4.79 Å². The summed E-state index contributed by atoms with van der Waals surface area (Å²) in [7, 11) is 0. The fourth-order valence-corrected chi connectivity index (χ4v) is 1.60. The maximum absolute atomic E-state index is 11.8. The molecule has 15 heavy (non-hydrogen) atoms. The normalized spacial score (nSPS) is 14.3. The predicted molar refractivity (Wildman–Crippen MR) is 64.2 cm³/mol. The summed E-state index contributed by atoms with van der Waals surface area (Å²) in [5.74, 6) is -0.0769. The first kappa shape index (κ1) is 12.2. The molecule has 1 heterocycles. The molecule has 1 N–H and O–H groups in total. The molecular formula is C11H15BrN2O. The van der Waals surface area contributed by atoms with Gasteiger partial charge in [0, 0.05) is 23.3 Å². The van der Waals surface area contributed by atoms with E-state index in [1.165, 1.54) is 0 Å². The molecule has 4 heteroatoms. The molecule has 0 fully saturated rings. The van der Waals surface area contributed by atoms with Gasteiger partial charge < -0.3 is 5.32 Å². The Morgan fingerprint density at radius 1 is 1.67 bits per heavy atom. The van der Waals surface area contributed by atoms with E-state index in [0.29, 0.717) is 5.56 Å². The number of halogens is 1. The Morgan fingerprint density at radius 2 is 2.40 bits per heavy atom. The minimum atomic E-state index is -0.201. The lowest BCUT2D eigenvalue weighted by Gasteiger charge is -2.27. The predicted octanol–water partition coefficient (Wildman–Crippen LogP) is 2.38. The molecule has 1 amide bonds. The van der Waals surface area contributed by atoms with Crippen molar-refractivity contribution in [1.82, 2.24) is 10.3 Å². The van der Waals surface area contributed by atoms with E-state index in [1.54, 1.807) is 24.5 Å². The van der Waals surface area contributed by atoms with E-state index in [1.807, 2.05) is 13.8 Å². The summed E-state index contributed by atoms with van der Waals surface area (Å²) < 4.78 is 0. The van der Waals surface area contributed by atoms with Crippen molar-refractivity contribution in [2.24, 2.45) is 0 Å². The van der Waals surface area contributed by atoms with Crippen LogP contribution in [0.15, 0.2) is 24.5 Å². The lowest BCUT2D eigenvalue weighted by atomic mass is 10.0. The summed E-state index contributed by atoms with van der Waals surface area (Å²) >= 11 is 3.40. The van der Waals surface area contributed by atoms with Crippen LogP contribution in [0.2, 0.25) is 0 Å². The van der Waals surface area contributed by atoms with Gasteiger partial charge in [-0.1, -0.05) is 22.9 Å². The van der Waals surface area contributed by atoms with Crippen LogP contribution in [0.4, 0.5) is 0 Å². The van der Waals surface area contributed by atoms with E-state index < -0.39 is 0 Å². The molecule has 1 aromatic rings. The van der Waals surface area contributed by atoms with Gasteiger partial charge in [-0.3, -0.25) is 9.78 Å². The van der Waals surface area contributed by atoms with Crippen molar-refractivity contribution in [1.29, 1.82) is 0 Å². The van der Waals surface area contributed by atoms with Crippen molar-refractivity contribution in [3.05, 3.63) is 30.1 Å². The number of rotatable bonds is 4. The molecule has 1 aromatic heterocycles. The highest BCUT2D eigenvalue weighted by Gasteiger charge is 2.23. The third-order valence-electron chi connectivity index (χ3n) is 2.41. The maximum Gasteiger partial charge on any atom is 0.253 e. The van der Waals surface area contributed by atoms with Crippen LogP contribution in [0.1, 0.15) is 30.6 Å². The standard InChI is InChI=1S/C11H15BrN2O/c1-3-11(2,8-12)14-10(15)9-5-4-6-13-7-9/h4-7H,3,8H2,1-2H3,(H,14,15). The first-order valence-electron chi connectivity index (χ1n) is 4.90. The first-order valence-corrected chi connectivity index (χ1v) is 6.02. The maximum atomic E-state index is 11.8. The Hall–Kier alpha value is -0.900. The van der Waals surface area contributed by atoms with Crippen LogP contribution in [0.25, 0.3) is 0 Å². The van der Waals surface area contributed by atoms with E-state index in [-0.39, 0.29) is 11.4 Å². The van der Waals surface area contributed by atoms with Gasteiger partial charge in [0.1, 0.15) is 0 Å². The van der Waals surface area contributed by atoms with Gasteiger partial charge in [-0.15, -0.1) is 0 Å². The Morgan fingerprint density at radius 3 is 2.87 bits per heavy atom. The highest BCUT2D eigenvalue weighted by atomic mass is 79.9. The zero-order valence-corrected chi connectivity index (χ0v) is 10.5. The largest absolute Gasteiger partial charge is 0.346 e. The van der Waals surface area contributed by atoms with Gasteiger partial charge in [0.05, 0.1) is 5.56 Å². The smallest absolute Gasteiger partial charge is 0.253 e. The fourth-order valence-electron chi connectivity index (χ4n) is 1.06. The monoisotopic (exact) mass is 270 g/mol. The van der Waals surface area contributed by atoms with Gasteiger partial charge in [-0.2, -0.15) is 0 Å². The summed E-state index contributed by atoms with van der Waals surface area (Å²) in [4.78, 5) is 15.7. The average Bonchev–Trinajstić information content (AvgIpc) is 2.30. The Bertz CT molecular complexity index is 323. The number of hydrogen-bond donors (Lipinski definition) is 1. The van der Waals surface area contributed by atoms with Crippen LogP contribution in [0.3, 0.4) is 0 Å². The number of amides is 1. The fraction of sp³-hybridized carbons (Fsp3) is 0.455. The molecule has 0 saturated carbocycles. The zero-order valence-electron chi connectivity index (χ0n) is 8.96. The highest BCUT2D eigenvalue weighted by Crippen LogP contribution is 2.13. The molecule has 1 atom stereocenters. The van der Waals surface area contributed by atoms with Gasteiger partial charge in [-0.25, -0.2) is 0 Å². The molecule has 1 unspecified atom stereocenters. The summed E-state index contributed by atoms with van der Waals surface area (Å²) in [6.07, 6.45) is 4.10. The number of nitrogens with zero attached hydrogens (tertiary/aromatic N) is 1. The number of nitrogens with one attached hydrogen (secondary N) is 1. The van der Waals surface area contributed by atoms with Crippen molar-refractivity contribution in [3.8, 4) is 0 Å². The Labute approximate surface area is 98.4 Å². The SMILES string of the molecule is CCC(C)(CBr)NC(=O)c1cccnc1. The highest BCUT2D eigenvalue weighted by molar-refractivity contribution is 9.09. The Kier molecular flexibility index (Phi) is 4.27. The van der Waals surface area contributed by atoms with Crippen LogP contribution in [-0.2, 0) is 0 Å². The van der Waals surface area contributed by atoms with E-state index in [2.05, 4.69) is 26.2 Å². The molecule has 0 saturated heterocycles. The minimum absolute atomic E-state index is 0.0769. The van der Waals surface area contributed by atoms with Crippen molar-refractivity contribution < 1.29 is 4.79 Å². The van der Waals surface area contributed by atoms with Gasteiger partial charge >= 0.3 is 0 Å². The van der Waals surface area contributed by atoms with Gasteiger partial charge in [-0.05, 0) is 25.5 Å². The molecule has 1 rings (SSSR count). The topological polar surface area (TPSA) is 42.0 Å². The summed E-state index contributed by atoms with van der Waals surface area (Å²) in [6.45, 7) is 4.06. The molecule has 3 nitrogen and oxygen atoms in total. The van der Waals surface area contributed by atoms with Gasteiger partial charge in [0.2, 0.25) is 0 Å². The van der Waals surface area contributed by atoms with Crippen LogP contribution in [-0.4, -0.2) is 21.8 Å². The molecule has 0 aliphatic carbocycles. The lowest BCUT2D eigenvalue weighted by Crippen LogP contribution is -2.46. The molecule has 0 spiro atoms. The number of alkyl halides is 1. The first-order chi connectivity index (χ1) is 7.11. The summed E-state index contributed by atoms with van der Waals surface area (Å²) in [5, 5.41) is 3.72. The minimum Gasteiger partial charge on any atom is -0.346 e. The van der Waals surface area contributed by atoms with E-state index in [4.69, 9.17) is 0 Å². The number of carbonyl (C=O) groups excluding carboxylic acids is 1. The molecule has 0 radical (unpaired) electrons. The van der Waals surface area contributed by atoms with Crippen LogP contribution >= 0.6 is 15.9 Å². The molecule has 0 aliphatic rings. The quantitative estimate of drug-likeness (QED) is 0.854. The van der Waals surface area contributed by atoms with Crippen LogP contribution in [0.5, 0.6) is 0 Å². The van der Waals surface area contributed by atoms with Crippen LogP contribution < -0.4 is 5.32 Å². The van der Waals surface area contributed by atoms with Crippen LogP contribution in [0, 0.1) is 0 Å². The second-order valence-corrected chi connectivity index (χ2v) is 4.30. The molecule has 0 bridgehead atoms. The van der Waals surface area contributed by atoms with E-state index in [0.717, 1.165) is 11.8 Å². The molecule has 0 aromatic carbocycles. The van der Waals surface area contributed by atoms with E-state index >= 15 is 0 Å². The molecular weight excluding hydrogens is 256 g/mol. The Balaban J connectivity index is 2.72. The molecule has 82 valence electrons. The van der Waals surface area contributed by atoms with Crippen molar-refractivity contribution >= 4 is 21.8 Å². The lowest BCUT2D eigenvalue weighted by molar-refractivity contribution is 0.0913. The van der Waals surface area contributed by atoms with Crippen molar-refractivity contribution in [2.45, 2.75) is 25.8 Å². The third kappa shape index (κ3) is 3.30. The second kappa shape index (κ2) is 5.26. The zero-order chi connectivity index (χ0) is 11.3. The third-order valence-corrected chi connectivity index (χ3v) is 3.65.